The molecule has 0 saturated heterocycles. The van der Waals surface area contributed by atoms with Gasteiger partial charge < -0.3 is 20.5 Å². The van der Waals surface area contributed by atoms with Gasteiger partial charge in [0.25, 0.3) is 0 Å². The summed E-state index contributed by atoms with van der Waals surface area (Å²) in [4.78, 5) is 39.1. The maximum absolute atomic E-state index is 12.2. The highest BCUT2D eigenvalue weighted by molar-refractivity contribution is 7.99. The Morgan fingerprint density at radius 1 is 1.03 bits per heavy atom. The molecule has 0 spiro atoms. The van der Waals surface area contributed by atoms with E-state index in [0.29, 0.717) is 23.0 Å². The summed E-state index contributed by atoms with van der Waals surface area (Å²) in [6.07, 6.45) is -0.602. The Morgan fingerprint density at radius 2 is 1.71 bits per heavy atom. The zero-order chi connectivity index (χ0) is 24.6. The fraction of sp³-hybridized carbons (Fsp3) is 0.280. The highest BCUT2D eigenvalue weighted by atomic mass is 32.2. The normalized spacial score (nSPS) is 12.0. The van der Waals surface area contributed by atoms with Crippen molar-refractivity contribution in [3.05, 3.63) is 75.7 Å². The smallest absolute Gasteiger partial charge is 0.407 e. The second-order valence-corrected chi connectivity index (χ2v) is 9.93. The lowest BCUT2D eigenvalue weighted by molar-refractivity contribution is -0.136. The fourth-order valence-corrected chi connectivity index (χ4v) is 5.34. The second-order valence-electron chi connectivity index (χ2n) is 7.88. The molecule has 35 heavy (non-hydrogen) atoms. The summed E-state index contributed by atoms with van der Waals surface area (Å²) in [7, 11) is 0. The minimum Gasteiger partial charge on any atom is -0.481 e. The number of aliphatic carboxylic acids is 1. The van der Waals surface area contributed by atoms with E-state index in [0.717, 1.165) is 0 Å². The van der Waals surface area contributed by atoms with Crippen LogP contribution in [0.4, 0.5) is 4.79 Å². The molecule has 182 valence electrons. The van der Waals surface area contributed by atoms with Gasteiger partial charge in [-0.25, -0.2) is 9.78 Å². The average Bonchev–Trinajstić information content (AvgIpc) is 3.43. The van der Waals surface area contributed by atoms with E-state index < -0.39 is 12.1 Å². The van der Waals surface area contributed by atoms with Gasteiger partial charge in [0.2, 0.25) is 5.91 Å². The third kappa shape index (κ3) is 6.61. The molecule has 0 unspecified atom stereocenters. The molecule has 2 amide bonds. The highest BCUT2D eigenvalue weighted by Crippen LogP contribution is 2.44. The van der Waals surface area contributed by atoms with Crippen LogP contribution in [0.2, 0.25) is 0 Å². The Bertz CT molecular complexity index is 1170. The van der Waals surface area contributed by atoms with Crippen molar-refractivity contribution in [1.29, 1.82) is 0 Å². The summed E-state index contributed by atoms with van der Waals surface area (Å²) in [5.41, 5.74) is 5.18. The number of thiazole rings is 1. The molecular formula is C25H25N3O5S2. The lowest BCUT2D eigenvalue weighted by atomic mass is 9.98. The number of fused-ring (bicyclic) bond motifs is 3. The highest BCUT2D eigenvalue weighted by Gasteiger charge is 2.28. The lowest BCUT2D eigenvalue weighted by Gasteiger charge is -2.14. The largest absolute Gasteiger partial charge is 0.481 e. The fourth-order valence-electron chi connectivity index (χ4n) is 3.93. The van der Waals surface area contributed by atoms with Gasteiger partial charge in [-0.2, -0.15) is 11.8 Å². The molecule has 1 heterocycles. The summed E-state index contributed by atoms with van der Waals surface area (Å²) < 4.78 is 5.50. The first-order chi connectivity index (χ1) is 17.0. The molecular weight excluding hydrogens is 486 g/mol. The molecule has 0 saturated carbocycles. The Morgan fingerprint density at radius 3 is 2.40 bits per heavy atom. The number of hydrogen-bond acceptors (Lipinski definition) is 7. The van der Waals surface area contributed by atoms with Crippen molar-refractivity contribution < 1.29 is 24.2 Å². The van der Waals surface area contributed by atoms with Crippen LogP contribution in [0.1, 0.15) is 27.7 Å². The minimum absolute atomic E-state index is 0.0178. The molecule has 0 radical (unpaired) electrons. The van der Waals surface area contributed by atoms with Crippen molar-refractivity contribution in [2.45, 2.75) is 18.9 Å². The maximum Gasteiger partial charge on any atom is 0.407 e. The third-order valence-corrected chi connectivity index (χ3v) is 7.32. The van der Waals surface area contributed by atoms with Gasteiger partial charge in [-0.15, -0.1) is 11.3 Å². The topological polar surface area (TPSA) is 118 Å². The lowest BCUT2D eigenvalue weighted by Crippen LogP contribution is -2.29. The van der Waals surface area contributed by atoms with Crippen molar-refractivity contribution in [1.82, 2.24) is 15.6 Å². The van der Waals surface area contributed by atoms with Crippen molar-refractivity contribution in [3.8, 4) is 11.1 Å². The predicted molar refractivity (Wildman–Crippen MR) is 136 cm³/mol. The van der Waals surface area contributed by atoms with Gasteiger partial charge in [0, 0.05) is 23.6 Å². The molecule has 0 atom stereocenters. The van der Waals surface area contributed by atoms with E-state index in [2.05, 4.69) is 39.9 Å². The Balaban J connectivity index is 1.12. The van der Waals surface area contributed by atoms with Crippen molar-refractivity contribution in [3.63, 3.8) is 0 Å². The van der Waals surface area contributed by atoms with Crippen LogP contribution in [0.25, 0.3) is 11.1 Å². The molecule has 1 aliphatic rings. The van der Waals surface area contributed by atoms with Gasteiger partial charge in [-0.1, -0.05) is 48.5 Å². The van der Waals surface area contributed by atoms with Gasteiger partial charge in [0.05, 0.1) is 24.4 Å². The zero-order valence-corrected chi connectivity index (χ0v) is 20.5. The van der Waals surface area contributed by atoms with E-state index in [1.165, 1.54) is 45.4 Å². The molecule has 8 nitrogen and oxygen atoms in total. The number of aromatic nitrogens is 1. The SMILES string of the molecule is O=C(O)Cc1csc(CNC(=O)CSCCNC(=O)OCC2c3ccccc3-c3ccccc32)n1. The molecule has 1 aromatic heterocycles. The number of carboxylic acid groups (broad SMARTS) is 1. The number of carbonyl (C=O) groups excluding carboxylic acids is 2. The minimum atomic E-state index is -0.936. The number of alkyl carbamates (subject to hydrolysis) is 1. The van der Waals surface area contributed by atoms with Gasteiger partial charge in [0.15, 0.2) is 0 Å². The van der Waals surface area contributed by atoms with Crippen molar-refractivity contribution >= 4 is 41.1 Å². The van der Waals surface area contributed by atoms with Gasteiger partial charge in [-0.3, -0.25) is 9.59 Å². The number of carboxylic acids is 1. The zero-order valence-electron chi connectivity index (χ0n) is 18.9. The average molecular weight is 512 g/mol. The van der Waals surface area contributed by atoms with E-state index >= 15 is 0 Å². The molecule has 1 aliphatic carbocycles. The van der Waals surface area contributed by atoms with Gasteiger partial charge >= 0.3 is 12.1 Å². The van der Waals surface area contributed by atoms with E-state index in [1.54, 1.807) is 5.38 Å². The second kappa shape index (κ2) is 11.9. The van der Waals surface area contributed by atoms with E-state index in [-0.39, 0.29) is 37.2 Å². The van der Waals surface area contributed by atoms with Crippen LogP contribution in [0, 0.1) is 0 Å². The number of amides is 2. The van der Waals surface area contributed by atoms with Crippen LogP contribution in [0.5, 0.6) is 0 Å². The molecule has 3 N–H and O–H groups in total. The van der Waals surface area contributed by atoms with Gasteiger partial charge in [0.1, 0.15) is 11.6 Å². The monoisotopic (exact) mass is 511 g/mol. The Hall–Kier alpha value is -3.37. The third-order valence-electron chi connectivity index (χ3n) is 5.46. The molecule has 2 aromatic carbocycles. The molecule has 10 heteroatoms. The number of ether oxygens (including phenoxy) is 1. The number of thioether (sulfide) groups is 1. The summed E-state index contributed by atoms with van der Waals surface area (Å²) in [6, 6.07) is 16.4. The summed E-state index contributed by atoms with van der Waals surface area (Å²) >= 11 is 2.72. The number of rotatable bonds is 11. The van der Waals surface area contributed by atoms with Crippen LogP contribution in [-0.4, -0.2) is 52.7 Å². The first-order valence-electron chi connectivity index (χ1n) is 11.1. The standard InChI is InChI=1S/C25H25N3O5S2/c29-22(27-12-23-28-16(14-35-23)11-24(30)31)15-34-10-9-26-25(32)33-13-21-19-7-3-1-5-17(19)18-6-2-4-8-20(18)21/h1-8,14,21H,9-13,15H2,(H,26,32)(H,27,29)(H,30,31). The van der Waals surface area contributed by atoms with Crippen LogP contribution >= 0.6 is 23.1 Å². The van der Waals surface area contributed by atoms with Crippen LogP contribution in [-0.2, 0) is 27.3 Å². The summed E-state index contributed by atoms with van der Waals surface area (Å²) in [5, 5.41) is 16.6. The van der Waals surface area contributed by atoms with Crippen molar-refractivity contribution in [2.75, 3.05) is 24.7 Å². The molecule has 4 rings (SSSR count). The molecule has 3 aromatic rings. The van der Waals surface area contributed by atoms with Crippen molar-refractivity contribution in [2.24, 2.45) is 0 Å². The van der Waals surface area contributed by atoms with E-state index in [9.17, 15) is 14.4 Å². The quantitative estimate of drug-likeness (QED) is 0.336. The van der Waals surface area contributed by atoms with E-state index in [1.807, 2.05) is 24.3 Å². The summed E-state index contributed by atoms with van der Waals surface area (Å²) in [6.45, 7) is 0.918. The predicted octanol–water partition coefficient (Wildman–Crippen LogP) is 3.66. The van der Waals surface area contributed by atoms with Crippen LogP contribution in [0.15, 0.2) is 53.9 Å². The first-order valence-corrected chi connectivity index (χ1v) is 13.1. The number of carbonyl (C=O) groups is 3. The van der Waals surface area contributed by atoms with Gasteiger partial charge in [-0.05, 0) is 22.3 Å². The number of benzene rings is 2. The van der Waals surface area contributed by atoms with Crippen LogP contribution in [0.3, 0.4) is 0 Å². The Kier molecular flexibility index (Phi) is 8.38. The number of hydrogen-bond donors (Lipinski definition) is 3. The maximum atomic E-state index is 12.2. The first kappa shape index (κ1) is 24.7. The van der Waals surface area contributed by atoms with Crippen LogP contribution < -0.4 is 10.6 Å². The Labute approximate surface area is 211 Å². The number of nitrogens with zero attached hydrogens (tertiary/aromatic N) is 1. The number of nitrogens with one attached hydrogen (secondary N) is 2. The molecule has 0 bridgehead atoms. The molecule has 0 aliphatic heterocycles. The summed E-state index contributed by atoms with van der Waals surface area (Å²) in [5.74, 6) is -0.249. The molecule has 0 fully saturated rings. The van der Waals surface area contributed by atoms with E-state index in [4.69, 9.17) is 9.84 Å².